The number of Topliss-reactive ketones (excluding diaryl/α,β-unsaturated/α-hetero) is 1. The van der Waals surface area contributed by atoms with Crippen LogP contribution < -0.4 is 0 Å². The number of non-ortho nitro benzene ring substituents is 1. The molecule has 5 heteroatoms. The van der Waals surface area contributed by atoms with Crippen molar-refractivity contribution in [3.63, 3.8) is 0 Å². The van der Waals surface area contributed by atoms with Gasteiger partial charge in [-0.15, -0.1) is 0 Å². The van der Waals surface area contributed by atoms with Crippen molar-refractivity contribution in [1.82, 2.24) is 0 Å². The van der Waals surface area contributed by atoms with Crippen molar-refractivity contribution in [2.24, 2.45) is 0 Å². The minimum absolute atomic E-state index is 0.00509. The number of carbonyl (C=O) groups excluding carboxylic acids is 1. The molecule has 108 valence electrons. The van der Waals surface area contributed by atoms with Crippen LogP contribution in [0.2, 0.25) is 25.7 Å². The molecule has 4 nitrogen and oxygen atoms in total. The zero-order valence-corrected chi connectivity index (χ0v) is 13.7. The van der Waals surface area contributed by atoms with Gasteiger partial charge in [0.1, 0.15) is 0 Å². The van der Waals surface area contributed by atoms with E-state index in [1.54, 1.807) is 0 Å². The topological polar surface area (TPSA) is 60.2 Å². The van der Waals surface area contributed by atoms with Gasteiger partial charge >= 0.3 is 0 Å². The fourth-order valence-electron chi connectivity index (χ4n) is 1.92. The molecule has 20 heavy (non-hydrogen) atoms. The minimum atomic E-state index is -1.39. The molecule has 0 aliphatic heterocycles. The van der Waals surface area contributed by atoms with Crippen molar-refractivity contribution in [3.05, 3.63) is 51.1 Å². The van der Waals surface area contributed by atoms with Gasteiger partial charge in [0.25, 0.3) is 5.69 Å². The normalized spacial score (nSPS) is 11.1. The van der Waals surface area contributed by atoms with Crippen molar-refractivity contribution in [2.45, 2.75) is 39.5 Å². The van der Waals surface area contributed by atoms with E-state index in [1.807, 2.05) is 13.8 Å². The van der Waals surface area contributed by atoms with Crippen LogP contribution >= 0.6 is 0 Å². The van der Waals surface area contributed by atoms with Crippen molar-refractivity contribution < 1.29 is 9.72 Å². The third-order valence-electron chi connectivity index (χ3n) is 2.93. The zero-order chi connectivity index (χ0) is 15.5. The highest BCUT2D eigenvalue weighted by Gasteiger charge is 2.22. The van der Waals surface area contributed by atoms with Crippen molar-refractivity contribution in [1.29, 1.82) is 0 Å². The molecule has 0 saturated carbocycles. The fraction of sp³-hybridized carbons (Fsp3) is 0.400. The van der Waals surface area contributed by atoms with Gasteiger partial charge in [0.15, 0.2) is 5.78 Å². The second-order valence-corrected chi connectivity index (χ2v) is 11.8. The van der Waals surface area contributed by atoms with E-state index >= 15 is 0 Å². The van der Waals surface area contributed by atoms with Gasteiger partial charge in [0.2, 0.25) is 0 Å². The lowest BCUT2D eigenvalue weighted by Crippen LogP contribution is -2.23. The molecule has 1 rings (SSSR count). The van der Waals surface area contributed by atoms with Crippen molar-refractivity contribution in [2.75, 3.05) is 0 Å². The molecule has 0 N–H and O–H groups in total. The minimum Gasteiger partial charge on any atom is -0.289 e. The molecule has 0 aliphatic carbocycles. The summed E-state index contributed by atoms with van der Waals surface area (Å²) in [6.07, 6.45) is 0. The maximum absolute atomic E-state index is 12.5. The number of benzene rings is 1. The molecular formula is C15H21NO3Si. The van der Waals surface area contributed by atoms with E-state index in [0.717, 1.165) is 17.2 Å². The molecule has 0 unspecified atom stereocenters. The number of rotatable bonds is 5. The lowest BCUT2D eigenvalue weighted by Gasteiger charge is -2.19. The summed E-state index contributed by atoms with van der Waals surface area (Å²) in [6, 6.07) is 6.65. The van der Waals surface area contributed by atoms with Crippen LogP contribution in [0, 0.1) is 10.1 Å². The fourth-order valence-corrected chi connectivity index (χ4v) is 3.50. The van der Waals surface area contributed by atoms with Gasteiger partial charge in [-0.1, -0.05) is 25.2 Å². The van der Waals surface area contributed by atoms with Crippen LogP contribution in [-0.2, 0) is 0 Å². The summed E-state index contributed by atoms with van der Waals surface area (Å²) in [4.78, 5) is 22.7. The SMILES string of the molecule is CC(C)=C(C[Si](C)(C)C)C(=O)c1ccc([N+](=O)[O-])cc1. The first kappa shape index (κ1) is 16.3. The summed E-state index contributed by atoms with van der Waals surface area (Å²) in [5.41, 5.74) is 2.39. The predicted molar refractivity (Wildman–Crippen MR) is 84.0 cm³/mol. The third kappa shape index (κ3) is 4.42. The molecule has 0 saturated heterocycles. The van der Waals surface area contributed by atoms with Gasteiger partial charge in [-0.25, -0.2) is 0 Å². The molecule has 0 amide bonds. The smallest absolute Gasteiger partial charge is 0.269 e. The first-order valence-corrected chi connectivity index (χ1v) is 10.3. The van der Waals surface area contributed by atoms with Crippen LogP contribution in [0.3, 0.4) is 0 Å². The van der Waals surface area contributed by atoms with Gasteiger partial charge in [-0.05, 0) is 37.6 Å². The van der Waals surface area contributed by atoms with Crippen LogP contribution in [0.4, 0.5) is 5.69 Å². The lowest BCUT2D eigenvalue weighted by molar-refractivity contribution is -0.384. The van der Waals surface area contributed by atoms with Crippen molar-refractivity contribution in [3.8, 4) is 0 Å². The van der Waals surface area contributed by atoms with E-state index in [9.17, 15) is 14.9 Å². The first-order chi connectivity index (χ1) is 9.11. The highest BCUT2D eigenvalue weighted by molar-refractivity contribution is 6.77. The van der Waals surface area contributed by atoms with E-state index in [1.165, 1.54) is 24.3 Å². The maximum atomic E-state index is 12.5. The number of nitrogens with zero attached hydrogens (tertiary/aromatic N) is 1. The molecule has 1 aromatic carbocycles. The van der Waals surface area contributed by atoms with E-state index in [0.29, 0.717) is 5.56 Å². The number of carbonyl (C=O) groups is 1. The monoisotopic (exact) mass is 291 g/mol. The molecule has 0 atom stereocenters. The molecule has 0 aromatic heterocycles. The highest BCUT2D eigenvalue weighted by atomic mass is 28.3. The number of hydrogen-bond donors (Lipinski definition) is 0. The van der Waals surface area contributed by atoms with Gasteiger partial charge in [-0.3, -0.25) is 14.9 Å². The Labute approximate surface area is 120 Å². The molecule has 0 spiro atoms. The molecule has 0 radical (unpaired) electrons. The maximum Gasteiger partial charge on any atom is 0.269 e. The number of ketones is 1. The number of nitro benzene ring substituents is 1. The Morgan fingerprint density at radius 1 is 1.15 bits per heavy atom. The molecule has 0 bridgehead atoms. The molecule has 1 aromatic rings. The predicted octanol–water partition coefficient (Wildman–Crippen LogP) is 4.45. The average molecular weight is 291 g/mol. The van der Waals surface area contributed by atoms with Crippen LogP contribution in [0.15, 0.2) is 35.4 Å². The Morgan fingerprint density at radius 2 is 1.65 bits per heavy atom. The Balaban J connectivity index is 3.08. The van der Waals surface area contributed by atoms with Gasteiger partial charge in [0, 0.05) is 25.8 Å². The van der Waals surface area contributed by atoms with Gasteiger partial charge in [-0.2, -0.15) is 0 Å². The van der Waals surface area contributed by atoms with E-state index in [-0.39, 0.29) is 11.5 Å². The Hall–Kier alpha value is -1.75. The summed E-state index contributed by atoms with van der Waals surface area (Å²) in [5, 5.41) is 10.6. The second kappa shape index (κ2) is 6.13. The first-order valence-electron chi connectivity index (χ1n) is 6.57. The van der Waals surface area contributed by atoms with E-state index in [2.05, 4.69) is 19.6 Å². The van der Waals surface area contributed by atoms with Crippen LogP contribution in [0.1, 0.15) is 24.2 Å². The largest absolute Gasteiger partial charge is 0.289 e. The Bertz CT molecular complexity index is 549. The Morgan fingerprint density at radius 3 is 2.00 bits per heavy atom. The summed E-state index contributed by atoms with van der Waals surface area (Å²) >= 11 is 0. The number of nitro groups is 1. The van der Waals surface area contributed by atoms with E-state index in [4.69, 9.17) is 0 Å². The molecular weight excluding hydrogens is 270 g/mol. The molecule has 0 fully saturated rings. The Kier molecular flexibility index (Phi) is 5.00. The quantitative estimate of drug-likeness (QED) is 0.265. The highest BCUT2D eigenvalue weighted by Crippen LogP contribution is 2.24. The van der Waals surface area contributed by atoms with Crippen LogP contribution in [0.25, 0.3) is 0 Å². The summed E-state index contributed by atoms with van der Waals surface area (Å²) in [5.74, 6) is -0.0117. The molecule has 0 heterocycles. The van der Waals surface area contributed by atoms with Gasteiger partial charge in [0.05, 0.1) is 4.92 Å². The number of hydrogen-bond acceptors (Lipinski definition) is 3. The summed E-state index contributed by atoms with van der Waals surface area (Å²) in [6.45, 7) is 10.6. The molecule has 0 aliphatic rings. The zero-order valence-electron chi connectivity index (χ0n) is 12.7. The average Bonchev–Trinajstić information content (AvgIpc) is 2.34. The van der Waals surface area contributed by atoms with Crippen molar-refractivity contribution >= 4 is 19.5 Å². The standard InChI is InChI=1S/C15H21NO3Si/c1-11(2)14(10-20(3,4)5)15(17)12-6-8-13(9-7-12)16(18)19/h6-9H,10H2,1-5H3. The number of allylic oxidation sites excluding steroid dienone is 2. The van der Waals surface area contributed by atoms with Crippen LogP contribution in [-0.4, -0.2) is 18.8 Å². The summed E-state index contributed by atoms with van der Waals surface area (Å²) in [7, 11) is -1.39. The second-order valence-electron chi connectivity index (χ2n) is 6.35. The summed E-state index contributed by atoms with van der Waals surface area (Å²) < 4.78 is 0. The van der Waals surface area contributed by atoms with Crippen LogP contribution in [0.5, 0.6) is 0 Å². The third-order valence-corrected chi connectivity index (χ3v) is 4.34. The van der Waals surface area contributed by atoms with Gasteiger partial charge < -0.3 is 0 Å². The lowest BCUT2D eigenvalue weighted by atomic mass is 10.0. The van der Waals surface area contributed by atoms with E-state index < -0.39 is 13.0 Å².